The molecular formula is C15H12F6N3O2Pt-. The summed E-state index contributed by atoms with van der Waals surface area (Å²) in [5, 5.41) is 8.36. The molecule has 2 aromatic rings. The van der Waals surface area contributed by atoms with Crippen LogP contribution in [0.3, 0.4) is 0 Å². The average molecular weight is 575 g/mol. The molecule has 27 heavy (non-hydrogen) atoms. The molecule has 0 saturated heterocycles. The van der Waals surface area contributed by atoms with Gasteiger partial charge in [-0.1, -0.05) is 6.07 Å². The van der Waals surface area contributed by atoms with Crippen LogP contribution in [0, 0.1) is 0 Å². The Morgan fingerprint density at radius 3 is 2.00 bits per heavy atom. The molecule has 5 nitrogen and oxygen atoms in total. The molecule has 0 saturated carbocycles. The van der Waals surface area contributed by atoms with Gasteiger partial charge in [-0.15, -0.1) is 0 Å². The molecule has 12 heteroatoms. The molecule has 0 aromatic carbocycles. The van der Waals surface area contributed by atoms with Crippen LogP contribution in [-0.4, -0.2) is 20.9 Å². The van der Waals surface area contributed by atoms with Gasteiger partial charge in [0, 0.05) is 44.7 Å². The number of aliphatic hydroxyl groups excluding tert-OH is 1. The van der Waals surface area contributed by atoms with Crippen LogP contribution < -0.4 is 4.98 Å². The number of carbonyl (C=O) groups excluding carboxylic acids is 1. The number of aromatic nitrogens is 3. The second-order valence-electron chi connectivity index (χ2n) is 4.85. The molecule has 152 valence electrons. The fraction of sp³-hybridized carbons (Fsp3) is 0.267. The van der Waals surface area contributed by atoms with Gasteiger partial charge in [0.2, 0.25) is 0 Å². The Bertz CT molecular complexity index is 750. The van der Waals surface area contributed by atoms with Crippen molar-refractivity contribution in [2.24, 2.45) is 0 Å². The van der Waals surface area contributed by atoms with E-state index in [2.05, 4.69) is 15.0 Å². The molecule has 2 heterocycles. The van der Waals surface area contributed by atoms with Gasteiger partial charge >= 0.3 is 12.4 Å². The molecule has 0 spiro atoms. The number of alkyl halides is 6. The normalized spacial score (nSPS) is 11.9. The Morgan fingerprint density at radius 2 is 1.70 bits per heavy atom. The number of ketones is 1. The van der Waals surface area contributed by atoms with E-state index in [1.807, 2.05) is 0 Å². The van der Waals surface area contributed by atoms with Crippen molar-refractivity contribution in [3.05, 3.63) is 47.6 Å². The summed E-state index contributed by atoms with van der Waals surface area (Å²) < 4.78 is 74.9. The number of hydrogen-bond acceptors (Lipinski definition) is 4. The van der Waals surface area contributed by atoms with Gasteiger partial charge in [-0.05, 0) is 31.8 Å². The molecule has 0 bridgehead atoms. The quantitative estimate of drug-likeness (QED) is 0.331. The van der Waals surface area contributed by atoms with Crippen LogP contribution in [0.2, 0.25) is 0 Å². The van der Waals surface area contributed by atoms with E-state index in [-0.39, 0.29) is 38.3 Å². The summed E-state index contributed by atoms with van der Waals surface area (Å²) in [6.45, 7) is 2.85. The Balaban J connectivity index is 0.000000728. The van der Waals surface area contributed by atoms with Crippen LogP contribution in [0.25, 0.3) is 11.5 Å². The van der Waals surface area contributed by atoms with Crippen LogP contribution in [0.1, 0.15) is 25.2 Å². The second-order valence-corrected chi connectivity index (χ2v) is 4.85. The van der Waals surface area contributed by atoms with Crippen molar-refractivity contribution in [2.45, 2.75) is 26.2 Å². The van der Waals surface area contributed by atoms with Crippen LogP contribution in [-0.2, 0) is 38.2 Å². The molecule has 1 N–H and O–H groups in total. The van der Waals surface area contributed by atoms with Gasteiger partial charge in [-0.3, -0.25) is 9.78 Å². The fourth-order valence-electron chi connectivity index (χ4n) is 1.64. The fourth-order valence-corrected chi connectivity index (χ4v) is 1.64. The number of rotatable bonds is 2. The minimum absolute atomic E-state index is 0. The largest absolute Gasteiger partial charge is 0.512 e. The van der Waals surface area contributed by atoms with Gasteiger partial charge in [-0.25, -0.2) is 0 Å². The summed E-state index contributed by atoms with van der Waals surface area (Å²) in [6.07, 6.45) is -8.08. The summed E-state index contributed by atoms with van der Waals surface area (Å²) in [7, 11) is 0. The monoisotopic (exact) mass is 575 g/mol. The molecule has 2 rings (SSSR count). The average Bonchev–Trinajstić information content (AvgIpc) is 2.92. The summed E-state index contributed by atoms with van der Waals surface area (Å²) in [6, 6.07) is 4.08. The zero-order valence-electron chi connectivity index (χ0n) is 13.7. The van der Waals surface area contributed by atoms with Crippen molar-refractivity contribution < 1.29 is 57.3 Å². The minimum Gasteiger partial charge on any atom is -0.512 e. The first-order valence-electron chi connectivity index (χ1n) is 6.80. The number of halogens is 6. The molecule has 0 unspecified atom stereocenters. The Labute approximate surface area is 163 Å². The van der Waals surface area contributed by atoms with E-state index in [1.54, 1.807) is 0 Å². The number of hydrogen-bond donors (Lipinski definition) is 1. The van der Waals surface area contributed by atoms with Crippen LogP contribution in [0.4, 0.5) is 26.3 Å². The van der Waals surface area contributed by atoms with Crippen molar-refractivity contribution in [3.8, 4) is 11.5 Å². The van der Waals surface area contributed by atoms with Crippen molar-refractivity contribution in [1.82, 2.24) is 15.0 Å². The minimum atomic E-state index is -5.23. The standard InChI is InChI=1S/C10H4F6N3.C5H8O2.Pt/c11-9(12,13)6-7(10(14,15)16)19-8(18-6)5-3-1-2-4-17-5;1-4(6)3-5(2)7;/h1-4H;3,6H,1-2H3;/q-1;;/b;4-3-;. The number of nitrogens with zero attached hydrogens (tertiary/aromatic N) is 3. The summed E-state index contributed by atoms with van der Waals surface area (Å²) in [4.78, 5) is 19.4. The smallest absolute Gasteiger partial charge is 0.412 e. The van der Waals surface area contributed by atoms with Crippen LogP contribution >= 0.6 is 0 Å². The number of pyridine rings is 1. The van der Waals surface area contributed by atoms with Gasteiger partial charge < -0.3 is 15.1 Å². The summed E-state index contributed by atoms with van der Waals surface area (Å²) in [5.41, 5.74) is -4.27. The third-order valence-electron chi connectivity index (χ3n) is 2.50. The zero-order chi connectivity index (χ0) is 20.1. The third-order valence-corrected chi connectivity index (χ3v) is 2.50. The van der Waals surface area contributed by atoms with Gasteiger partial charge in [0.1, 0.15) is 0 Å². The van der Waals surface area contributed by atoms with Gasteiger partial charge in [0.25, 0.3) is 0 Å². The van der Waals surface area contributed by atoms with Gasteiger partial charge in [0.15, 0.2) is 5.78 Å². The van der Waals surface area contributed by atoms with E-state index >= 15 is 0 Å². The van der Waals surface area contributed by atoms with E-state index in [0.29, 0.717) is 0 Å². The molecule has 0 fully saturated rings. The van der Waals surface area contributed by atoms with Crippen molar-refractivity contribution in [3.63, 3.8) is 0 Å². The Morgan fingerprint density at radius 1 is 1.11 bits per heavy atom. The van der Waals surface area contributed by atoms with Crippen LogP contribution in [0.5, 0.6) is 0 Å². The maximum atomic E-state index is 12.5. The predicted molar refractivity (Wildman–Crippen MR) is 77.9 cm³/mol. The Hall–Kier alpha value is -2.16. The Kier molecular flexibility index (Phi) is 8.91. The first-order valence-corrected chi connectivity index (χ1v) is 6.80. The molecule has 2 aromatic heterocycles. The molecule has 0 aliphatic rings. The number of imidazole rings is 1. The molecule has 0 amide bonds. The first kappa shape index (κ1) is 24.8. The molecular weight excluding hydrogens is 563 g/mol. The molecule has 0 atom stereocenters. The molecule has 0 aliphatic heterocycles. The van der Waals surface area contributed by atoms with E-state index in [0.717, 1.165) is 0 Å². The summed E-state index contributed by atoms with van der Waals surface area (Å²) >= 11 is 0. The van der Waals surface area contributed by atoms with Crippen molar-refractivity contribution in [1.29, 1.82) is 0 Å². The number of aliphatic hydroxyl groups is 1. The summed E-state index contributed by atoms with van der Waals surface area (Å²) in [5.74, 6) is -0.771. The SMILES string of the molecule is CC(=O)/C=C(/C)O.FC(F)(F)c1nc(-c2ccccn2)[n-]c1C(F)(F)F.[Pt]. The maximum Gasteiger partial charge on any atom is 0.412 e. The molecule has 0 radical (unpaired) electrons. The number of carbonyl (C=O) groups is 1. The van der Waals surface area contributed by atoms with E-state index in [1.165, 1.54) is 44.3 Å². The van der Waals surface area contributed by atoms with Crippen LogP contribution in [0.15, 0.2) is 36.2 Å². The predicted octanol–water partition coefficient (Wildman–Crippen LogP) is 4.17. The second kappa shape index (κ2) is 9.68. The van der Waals surface area contributed by atoms with Gasteiger partial charge in [0.05, 0.1) is 11.5 Å². The van der Waals surface area contributed by atoms with E-state index in [4.69, 9.17) is 5.11 Å². The topological polar surface area (TPSA) is 77.2 Å². The third kappa shape index (κ3) is 7.94. The van der Waals surface area contributed by atoms with Gasteiger partial charge in [-0.2, -0.15) is 26.3 Å². The molecule has 0 aliphatic carbocycles. The maximum absolute atomic E-state index is 12.5. The van der Waals surface area contributed by atoms with E-state index in [9.17, 15) is 31.1 Å². The van der Waals surface area contributed by atoms with E-state index < -0.39 is 29.6 Å². The van der Waals surface area contributed by atoms with Crippen molar-refractivity contribution in [2.75, 3.05) is 0 Å². The van der Waals surface area contributed by atoms with Crippen molar-refractivity contribution >= 4 is 5.78 Å². The number of allylic oxidation sites excluding steroid dienone is 2. The first-order chi connectivity index (χ1) is 11.8. The zero-order valence-corrected chi connectivity index (χ0v) is 15.9.